The van der Waals surface area contributed by atoms with Crippen LogP contribution in [0, 0.1) is 6.92 Å². The molecule has 1 aromatic heterocycles. The Kier molecular flexibility index (Phi) is 5.97. The van der Waals surface area contributed by atoms with Crippen LogP contribution in [0.15, 0.2) is 52.9 Å². The van der Waals surface area contributed by atoms with Gasteiger partial charge in [-0.05, 0) is 51.1 Å². The lowest BCUT2D eigenvalue weighted by Crippen LogP contribution is -2.21. The van der Waals surface area contributed by atoms with Crippen molar-refractivity contribution in [3.63, 3.8) is 0 Å². The van der Waals surface area contributed by atoms with Crippen LogP contribution in [0.3, 0.4) is 0 Å². The van der Waals surface area contributed by atoms with E-state index in [4.69, 9.17) is 13.9 Å². The summed E-state index contributed by atoms with van der Waals surface area (Å²) in [5.74, 6) is -1.58. The highest BCUT2D eigenvalue weighted by molar-refractivity contribution is 5.98. The minimum atomic E-state index is -0.708. The van der Waals surface area contributed by atoms with Gasteiger partial charge in [0.1, 0.15) is 5.58 Å². The summed E-state index contributed by atoms with van der Waals surface area (Å²) < 4.78 is 15.7. The van der Waals surface area contributed by atoms with E-state index in [1.165, 1.54) is 0 Å². The first-order valence-corrected chi connectivity index (χ1v) is 9.11. The Morgan fingerprint density at radius 3 is 2.34 bits per heavy atom. The Hall–Kier alpha value is -3.61. The molecule has 3 aromatic rings. The third-order valence-electron chi connectivity index (χ3n) is 4.11. The average molecular weight is 395 g/mol. The smallest absolute Gasteiger partial charge is 0.375 e. The average Bonchev–Trinajstić information content (AvgIpc) is 3.03. The molecule has 7 heteroatoms. The number of fused-ring (bicyclic) bond motifs is 1. The zero-order valence-electron chi connectivity index (χ0n) is 16.4. The molecule has 0 saturated heterocycles. The number of aryl methyl sites for hydroxylation is 1. The van der Waals surface area contributed by atoms with E-state index in [2.05, 4.69) is 5.32 Å². The minimum Gasteiger partial charge on any atom is -0.459 e. The van der Waals surface area contributed by atoms with Gasteiger partial charge in [0.15, 0.2) is 6.61 Å². The number of para-hydroxylation sites is 1. The molecule has 29 heavy (non-hydrogen) atoms. The maximum absolute atomic E-state index is 12.3. The monoisotopic (exact) mass is 395 g/mol. The predicted molar refractivity (Wildman–Crippen MR) is 107 cm³/mol. The summed E-state index contributed by atoms with van der Waals surface area (Å²) in [5, 5.41) is 3.42. The van der Waals surface area contributed by atoms with Gasteiger partial charge in [-0.25, -0.2) is 9.59 Å². The fraction of sp³-hybridized carbons (Fsp3) is 0.227. The van der Waals surface area contributed by atoms with Crippen molar-refractivity contribution in [2.24, 2.45) is 0 Å². The van der Waals surface area contributed by atoms with E-state index >= 15 is 0 Å². The molecule has 7 nitrogen and oxygen atoms in total. The van der Waals surface area contributed by atoms with Gasteiger partial charge >= 0.3 is 11.9 Å². The minimum absolute atomic E-state index is 0.0759. The highest BCUT2D eigenvalue weighted by atomic mass is 16.5. The molecule has 0 spiro atoms. The van der Waals surface area contributed by atoms with Crippen LogP contribution < -0.4 is 5.32 Å². The number of carbonyl (C=O) groups is 3. The maximum atomic E-state index is 12.3. The number of rotatable bonds is 6. The van der Waals surface area contributed by atoms with Crippen LogP contribution in [0.2, 0.25) is 0 Å². The maximum Gasteiger partial charge on any atom is 0.375 e. The van der Waals surface area contributed by atoms with Crippen molar-refractivity contribution in [1.82, 2.24) is 0 Å². The first-order chi connectivity index (χ1) is 13.8. The molecular formula is C22H21NO6. The van der Waals surface area contributed by atoms with Gasteiger partial charge in [-0.15, -0.1) is 0 Å². The summed E-state index contributed by atoms with van der Waals surface area (Å²) >= 11 is 0. The highest BCUT2D eigenvalue weighted by Crippen LogP contribution is 2.25. The van der Waals surface area contributed by atoms with Gasteiger partial charge in [-0.2, -0.15) is 0 Å². The number of anilines is 1. The van der Waals surface area contributed by atoms with Gasteiger partial charge in [0.2, 0.25) is 5.76 Å². The van der Waals surface area contributed by atoms with E-state index in [-0.39, 0.29) is 11.9 Å². The molecule has 0 bridgehead atoms. The molecule has 3 rings (SSSR count). The second-order valence-electron chi connectivity index (χ2n) is 6.71. The molecule has 1 heterocycles. The fourth-order valence-corrected chi connectivity index (χ4v) is 2.73. The van der Waals surface area contributed by atoms with E-state index < -0.39 is 24.5 Å². The zero-order valence-corrected chi connectivity index (χ0v) is 16.4. The molecular weight excluding hydrogens is 374 g/mol. The van der Waals surface area contributed by atoms with Crippen LogP contribution in [-0.4, -0.2) is 30.6 Å². The van der Waals surface area contributed by atoms with Gasteiger partial charge < -0.3 is 19.2 Å². The third kappa shape index (κ3) is 4.82. The number of benzene rings is 2. The molecule has 0 fully saturated rings. The molecule has 0 unspecified atom stereocenters. The summed E-state index contributed by atoms with van der Waals surface area (Å²) in [4.78, 5) is 36.1. The number of carbonyl (C=O) groups excluding carboxylic acids is 3. The number of esters is 2. The Morgan fingerprint density at radius 1 is 1.00 bits per heavy atom. The standard InChI is InChI=1S/C22H21NO6/c1-13(2)28-21(25)15-8-10-16(11-9-15)23-19(24)12-27-22(26)20-14(3)17-6-4-5-7-18(17)29-20/h4-11,13H,12H2,1-3H3,(H,23,24). The molecule has 0 radical (unpaired) electrons. The van der Waals surface area contributed by atoms with E-state index in [0.29, 0.717) is 22.4 Å². The summed E-state index contributed by atoms with van der Waals surface area (Å²) in [6.07, 6.45) is -0.216. The van der Waals surface area contributed by atoms with Crippen LogP contribution >= 0.6 is 0 Å². The topological polar surface area (TPSA) is 94.8 Å². The number of hydrogen-bond acceptors (Lipinski definition) is 6. The van der Waals surface area contributed by atoms with Crippen LogP contribution in [0.1, 0.15) is 40.3 Å². The fourth-order valence-electron chi connectivity index (χ4n) is 2.73. The third-order valence-corrected chi connectivity index (χ3v) is 4.11. The molecule has 0 saturated carbocycles. The lowest BCUT2D eigenvalue weighted by Gasteiger charge is -2.09. The number of nitrogens with one attached hydrogen (secondary N) is 1. The van der Waals surface area contributed by atoms with Crippen LogP contribution in [0.4, 0.5) is 5.69 Å². The summed E-state index contributed by atoms with van der Waals surface area (Å²) in [7, 11) is 0. The van der Waals surface area contributed by atoms with E-state index in [1.807, 2.05) is 18.2 Å². The Bertz CT molecular complexity index is 1050. The molecule has 1 N–H and O–H groups in total. The lowest BCUT2D eigenvalue weighted by atomic mass is 10.1. The lowest BCUT2D eigenvalue weighted by molar-refractivity contribution is -0.119. The van der Waals surface area contributed by atoms with E-state index in [1.54, 1.807) is 51.1 Å². The van der Waals surface area contributed by atoms with Crippen molar-refractivity contribution in [3.8, 4) is 0 Å². The van der Waals surface area contributed by atoms with Crippen molar-refractivity contribution in [3.05, 3.63) is 65.4 Å². The van der Waals surface area contributed by atoms with Gasteiger partial charge in [-0.3, -0.25) is 4.79 Å². The van der Waals surface area contributed by atoms with Gasteiger partial charge in [0.25, 0.3) is 5.91 Å². The van der Waals surface area contributed by atoms with Gasteiger partial charge in [-0.1, -0.05) is 18.2 Å². The first-order valence-electron chi connectivity index (χ1n) is 9.11. The first kappa shape index (κ1) is 20.1. The number of amides is 1. The van der Waals surface area contributed by atoms with Crippen LogP contribution in [0.25, 0.3) is 11.0 Å². The molecule has 2 aromatic carbocycles. The molecule has 1 amide bonds. The Morgan fingerprint density at radius 2 is 1.69 bits per heavy atom. The molecule has 0 aliphatic carbocycles. The molecule has 0 atom stereocenters. The van der Waals surface area contributed by atoms with Crippen molar-refractivity contribution in [2.75, 3.05) is 11.9 Å². The van der Waals surface area contributed by atoms with Crippen molar-refractivity contribution >= 4 is 34.5 Å². The Balaban J connectivity index is 1.56. The second-order valence-corrected chi connectivity index (χ2v) is 6.71. The summed E-state index contributed by atoms with van der Waals surface area (Å²) in [5.41, 5.74) is 2.09. The van der Waals surface area contributed by atoms with Gasteiger partial charge in [0, 0.05) is 16.6 Å². The van der Waals surface area contributed by atoms with Crippen LogP contribution in [0.5, 0.6) is 0 Å². The highest BCUT2D eigenvalue weighted by Gasteiger charge is 2.20. The number of ether oxygens (including phenoxy) is 2. The predicted octanol–water partition coefficient (Wildman–Crippen LogP) is 4.10. The van der Waals surface area contributed by atoms with E-state index in [9.17, 15) is 14.4 Å². The normalized spacial score (nSPS) is 10.8. The number of hydrogen-bond donors (Lipinski definition) is 1. The van der Waals surface area contributed by atoms with Crippen LogP contribution in [-0.2, 0) is 14.3 Å². The Labute approximate surface area is 167 Å². The quantitative estimate of drug-likeness (QED) is 0.632. The van der Waals surface area contributed by atoms with Crippen molar-refractivity contribution in [1.29, 1.82) is 0 Å². The zero-order chi connectivity index (χ0) is 21.0. The van der Waals surface area contributed by atoms with E-state index in [0.717, 1.165) is 5.39 Å². The molecule has 150 valence electrons. The number of furan rings is 1. The molecule has 0 aliphatic rings. The summed E-state index contributed by atoms with van der Waals surface area (Å²) in [6, 6.07) is 13.5. The SMILES string of the molecule is Cc1c(C(=O)OCC(=O)Nc2ccc(C(=O)OC(C)C)cc2)oc2ccccc12. The largest absolute Gasteiger partial charge is 0.459 e. The van der Waals surface area contributed by atoms with Crippen molar-refractivity contribution in [2.45, 2.75) is 26.9 Å². The molecule has 0 aliphatic heterocycles. The second kappa shape index (κ2) is 8.60. The summed E-state index contributed by atoms with van der Waals surface area (Å²) in [6.45, 7) is 4.82. The van der Waals surface area contributed by atoms with Gasteiger partial charge in [0.05, 0.1) is 11.7 Å². The van der Waals surface area contributed by atoms with Crippen molar-refractivity contribution < 1.29 is 28.3 Å².